The van der Waals surface area contributed by atoms with E-state index in [0.29, 0.717) is 60.2 Å². The van der Waals surface area contributed by atoms with Gasteiger partial charge in [-0.05, 0) is 89.3 Å². The number of aryl methyl sites for hydroxylation is 1. The van der Waals surface area contributed by atoms with Crippen molar-refractivity contribution in [3.8, 4) is 17.6 Å². The van der Waals surface area contributed by atoms with Crippen LogP contribution in [0.2, 0.25) is 0 Å². The Labute approximate surface area is 268 Å². The Morgan fingerprint density at radius 1 is 1.18 bits per heavy atom. The first kappa shape index (κ1) is 31.4. The van der Waals surface area contributed by atoms with Gasteiger partial charge in [-0.15, -0.1) is 0 Å². The molecule has 2 aromatic rings. The van der Waals surface area contributed by atoms with Gasteiger partial charge in [0.15, 0.2) is 0 Å². The minimum atomic E-state index is -0.996. The molecule has 0 radical (unpaired) electrons. The molecular formula is C33H43N5O6S. The summed E-state index contributed by atoms with van der Waals surface area (Å²) in [5, 5.41) is 4.27. The van der Waals surface area contributed by atoms with Crippen molar-refractivity contribution in [3.05, 3.63) is 29.8 Å². The Kier molecular flexibility index (Phi) is 9.12. The first-order valence-corrected chi connectivity index (χ1v) is 17.0. The summed E-state index contributed by atoms with van der Waals surface area (Å²) >= 11 is 1.45. The molecule has 1 aromatic heterocycles. The fourth-order valence-corrected chi connectivity index (χ4v) is 7.38. The number of carbonyl (C=O) groups excluding carboxylic acids is 3. The topological polar surface area (TPSA) is 132 Å². The van der Waals surface area contributed by atoms with Crippen molar-refractivity contribution in [1.29, 1.82) is 0 Å². The largest absolute Gasteiger partial charge is 0.496 e. The Morgan fingerprint density at radius 2 is 1.98 bits per heavy atom. The van der Waals surface area contributed by atoms with Crippen LogP contribution in [-0.4, -0.2) is 76.8 Å². The average molecular weight is 638 g/mol. The Bertz CT molecular complexity index is 1500. The summed E-state index contributed by atoms with van der Waals surface area (Å²) in [6.07, 6.45) is 9.80. The SMILES string of the molecule is CCOc1nc(O[C@@H]2C[C@H]3C(=O)N[C@]4(C(=O)NSC5CC5)C[C@H]4/C=C\CCCCN(C)C(=O)[C@@H]3C2)c2ccc(OC)c(C)c2n1. The molecular weight excluding hydrogens is 594 g/mol. The van der Waals surface area contributed by atoms with Crippen LogP contribution in [0.1, 0.15) is 63.9 Å². The molecule has 242 valence electrons. The number of hydrogen-bond donors (Lipinski definition) is 2. The van der Waals surface area contributed by atoms with Crippen LogP contribution >= 0.6 is 11.9 Å². The number of benzene rings is 1. The van der Waals surface area contributed by atoms with Gasteiger partial charge in [-0.2, -0.15) is 9.97 Å². The summed E-state index contributed by atoms with van der Waals surface area (Å²) in [6, 6.07) is 3.89. The molecule has 0 unspecified atom stereocenters. The summed E-state index contributed by atoms with van der Waals surface area (Å²) in [7, 11) is 3.41. The number of ether oxygens (including phenoxy) is 3. The van der Waals surface area contributed by atoms with E-state index in [9.17, 15) is 14.4 Å². The van der Waals surface area contributed by atoms with Crippen LogP contribution < -0.4 is 24.2 Å². The van der Waals surface area contributed by atoms with Gasteiger partial charge in [0.05, 0.1) is 36.5 Å². The molecule has 1 aliphatic heterocycles. The molecule has 12 heteroatoms. The van der Waals surface area contributed by atoms with Crippen LogP contribution in [0, 0.1) is 24.7 Å². The maximum atomic E-state index is 14.1. The highest BCUT2D eigenvalue weighted by molar-refractivity contribution is 7.98. The second-order valence-electron chi connectivity index (χ2n) is 12.7. The van der Waals surface area contributed by atoms with Crippen LogP contribution in [0.3, 0.4) is 0 Å². The van der Waals surface area contributed by atoms with Crippen molar-refractivity contribution in [2.45, 2.75) is 82.1 Å². The van der Waals surface area contributed by atoms with Crippen LogP contribution in [0.25, 0.3) is 10.9 Å². The number of nitrogens with one attached hydrogen (secondary N) is 2. The quantitative estimate of drug-likeness (QED) is 0.324. The number of hydrogen-bond acceptors (Lipinski definition) is 9. The van der Waals surface area contributed by atoms with Crippen LogP contribution in [0.4, 0.5) is 0 Å². The molecule has 2 heterocycles. The van der Waals surface area contributed by atoms with Crippen molar-refractivity contribution in [2.24, 2.45) is 17.8 Å². The molecule has 11 nitrogen and oxygen atoms in total. The highest BCUT2D eigenvalue weighted by Gasteiger charge is 2.61. The second kappa shape index (κ2) is 13.1. The van der Waals surface area contributed by atoms with E-state index in [-0.39, 0.29) is 29.6 Å². The monoisotopic (exact) mass is 637 g/mol. The second-order valence-corrected chi connectivity index (χ2v) is 13.8. The van der Waals surface area contributed by atoms with Crippen LogP contribution in [0.15, 0.2) is 24.3 Å². The summed E-state index contributed by atoms with van der Waals surface area (Å²) in [4.78, 5) is 52.3. The Balaban J connectivity index is 1.28. The molecule has 0 saturated heterocycles. The smallest absolute Gasteiger partial charge is 0.320 e. The fraction of sp³-hybridized carbons (Fsp3) is 0.606. The van der Waals surface area contributed by atoms with E-state index in [4.69, 9.17) is 14.2 Å². The molecule has 0 spiro atoms. The van der Waals surface area contributed by atoms with Gasteiger partial charge in [-0.3, -0.25) is 19.1 Å². The molecule has 3 saturated carbocycles. The molecule has 45 heavy (non-hydrogen) atoms. The van der Waals surface area contributed by atoms with Gasteiger partial charge >= 0.3 is 6.01 Å². The Morgan fingerprint density at radius 3 is 2.73 bits per heavy atom. The van der Waals surface area contributed by atoms with Gasteiger partial charge in [0.2, 0.25) is 17.7 Å². The van der Waals surface area contributed by atoms with E-state index in [2.05, 4.69) is 32.2 Å². The fourth-order valence-electron chi connectivity index (χ4n) is 6.55. The molecule has 1 aromatic carbocycles. The third-order valence-corrected chi connectivity index (χ3v) is 10.5. The summed E-state index contributed by atoms with van der Waals surface area (Å²) in [5.74, 6) is -0.806. The molecule has 6 rings (SSSR count). The van der Waals surface area contributed by atoms with E-state index < -0.39 is 23.5 Å². The lowest BCUT2D eigenvalue weighted by molar-refractivity contribution is -0.140. The van der Waals surface area contributed by atoms with Crippen molar-refractivity contribution in [2.75, 3.05) is 27.3 Å². The lowest BCUT2D eigenvalue weighted by atomic mass is 9.93. The van der Waals surface area contributed by atoms with Crippen LogP contribution in [-0.2, 0) is 14.4 Å². The molecule has 3 aliphatic carbocycles. The lowest BCUT2D eigenvalue weighted by Gasteiger charge is -2.26. The van der Waals surface area contributed by atoms with Crippen molar-refractivity contribution < 1.29 is 28.6 Å². The zero-order chi connectivity index (χ0) is 31.7. The molecule has 4 aliphatic rings. The predicted molar refractivity (Wildman–Crippen MR) is 171 cm³/mol. The van der Waals surface area contributed by atoms with Crippen molar-refractivity contribution in [3.63, 3.8) is 0 Å². The number of rotatable bonds is 8. The standard InChI is InChI=1S/C33H43N5O6S/c1-5-43-32-34-27-19(2)26(42-4)14-13-23(27)29(35-32)44-21-16-24-25(17-21)30(40)38(3)15-9-7-6-8-10-20-18-33(20,36-28(24)39)31(41)37-45-22-11-12-22/h8,10,13-14,20-22,24-25H,5-7,9,11-12,15-18H2,1-4H3,(H,36,39)(H,37,41)/b10-8-/t20-,21-,24-,25-,33-/m1/s1. The lowest BCUT2D eigenvalue weighted by Crippen LogP contribution is -2.52. The minimum absolute atomic E-state index is 0.0703. The van der Waals surface area contributed by atoms with E-state index >= 15 is 0 Å². The Hall–Kier alpha value is -3.54. The third-order valence-electron chi connectivity index (χ3n) is 9.43. The molecule has 5 atom stereocenters. The maximum absolute atomic E-state index is 14.1. The molecule has 2 N–H and O–H groups in total. The van der Waals surface area contributed by atoms with E-state index in [1.165, 1.54) is 11.9 Å². The highest BCUT2D eigenvalue weighted by atomic mass is 32.2. The summed E-state index contributed by atoms with van der Waals surface area (Å²) < 4.78 is 20.7. The minimum Gasteiger partial charge on any atom is -0.496 e. The summed E-state index contributed by atoms with van der Waals surface area (Å²) in [6.45, 7) is 4.78. The normalized spacial score (nSPS) is 29.2. The number of aromatic nitrogens is 2. The number of fused-ring (bicyclic) bond motifs is 3. The van der Waals surface area contributed by atoms with E-state index in [1.54, 1.807) is 19.1 Å². The van der Waals surface area contributed by atoms with Gasteiger partial charge in [0.1, 0.15) is 17.4 Å². The number of amides is 3. The first-order chi connectivity index (χ1) is 21.7. The third kappa shape index (κ3) is 6.57. The number of methoxy groups -OCH3 is 1. The number of carbonyl (C=O) groups is 3. The zero-order valence-corrected chi connectivity index (χ0v) is 27.3. The van der Waals surface area contributed by atoms with Crippen molar-refractivity contribution >= 4 is 40.6 Å². The van der Waals surface area contributed by atoms with Gasteiger partial charge in [-0.25, -0.2) is 0 Å². The number of nitrogens with zero attached hydrogens (tertiary/aromatic N) is 3. The highest BCUT2D eigenvalue weighted by Crippen LogP contribution is 2.47. The van der Waals surface area contributed by atoms with Crippen LogP contribution in [0.5, 0.6) is 17.6 Å². The predicted octanol–water partition coefficient (Wildman–Crippen LogP) is 4.12. The molecule has 3 fully saturated rings. The molecule has 0 bridgehead atoms. The van der Waals surface area contributed by atoms with Gasteiger partial charge in [-0.1, -0.05) is 12.2 Å². The number of allylic oxidation sites excluding steroid dienone is 1. The van der Waals surface area contributed by atoms with Gasteiger partial charge in [0.25, 0.3) is 5.91 Å². The zero-order valence-electron chi connectivity index (χ0n) is 26.5. The van der Waals surface area contributed by atoms with Gasteiger partial charge in [0, 0.05) is 30.3 Å². The average Bonchev–Trinajstić information content (AvgIpc) is 3.94. The van der Waals surface area contributed by atoms with Crippen molar-refractivity contribution in [1.82, 2.24) is 24.9 Å². The van der Waals surface area contributed by atoms with E-state index in [0.717, 1.165) is 37.7 Å². The molecule has 3 amide bonds. The maximum Gasteiger partial charge on any atom is 0.320 e. The first-order valence-electron chi connectivity index (χ1n) is 16.1. The summed E-state index contributed by atoms with van der Waals surface area (Å²) in [5.41, 5.74) is 0.484. The van der Waals surface area contributed by atoms with Gasteiger partial charge < -0.3 is 24.4 Å². The van der Waals surface area contributed by atoms with E-state index in [1.807, 2.05) is 26.0 Å².